The zero-order valence-electron chi connectivity index (χ0n) is 8.54. The van der Waals surface area contributed by atoms with Gasteiger partial charge in [0, 0.05) is 25.3 Å². The number of anilines is 1. The number of nitrogens with zero attached hydrogens (tertiary/aromatic N) is 2. The molecule has 2 N–H and O–H groups in total. The summed E-state index contributed by atoms with van der Waals surface area (Å²) in [5, 5.41) is 0. The molecule has 0 saturated carbocycles. The van der Waals surface area contributed by atoms with Crippen LogP contribution in [0.25, 0.3) is 0 Å². The number of hydrogen-bond acceptors (Lipinski definition) is 3. The lowest BCUT2D eigenvalue weighted by Gasteiger charge is -2.21. The highest BCUT2D eigenvalue weighted by molar-refractivity contribution is 5.52. The topological polar surface area (TPSA) is 42.1 Å². The largest absolute Gasteiger partial charge is 0.435 e. The smallest absolute Gasteiger partial charge is 0.368 e. The molecule has 0 radical (unpaired) electrons. The second-order valence-corrected chi connectivity index (χ2v) is 3.86. The monoisotopic (exact) mass is 231 g/mol. The molecule has 1 unspecified atom stereocenters. The first-order chi connectivity index (χ1) is 7.48. The summed E-state index contributed by atoms with van der Waals surface area (Å²) in [7, 11) is 0. The summed E-state index contributed by atoms with van der Waals surface area (Å²) in [6.45, 7) is 1.00. The van der Waals surface area contributed by atoms with Gasteiger partial charge in [-0.15, -0.1) is 0 Å². The Morgan fingerprint density at radius 2 is 2.19 bits per heavy atom. The van der Waals surface area contributed by atoms with Crippen molar-refractivity contribution in [2.75, 3.05) is 18.0 Å². The summed E-state index contributed by atoms with van der Waals surface area (Å²) in [6.07, 6.45) is -2.54. The minimum absolute atomic E-state index is 0.0544. The standard InChI is InChI=1S/C10H12F3N3/c11-10(12,13)9-8(2-1-4-15-9)16-5-3-7(14)6-16/h1-2,4,7H,3,5-6,14H2. The highest BCUT2D eigenvalue weighted by atomic mass is 19.4. The molecule has 1 saturated heterocycles. The molecule has 0 aliphatic carbocycles. The molecule has 1 aromatic rings. The van der Waals surface area contributed by atoms with Gasteiger partial charge in [0.2, 0.25) is 0 Å². The maximum absolute atomic E-state index is 12.7. The number of hydrogen-bond donors (Lipinski definition) is 1. The van der Waals surface area contributed by atoms with E-state index in [4.69, 9.17) is 5.73 Å². The van der Waals surface area contributed by atoms with Crippen LogP contribution in [0.1, 0.15) is 12.1 Å². The van der Waals surface area contributed by atoms with Gasteiger partial charge in [-0.3, -0.25) is 0 Å². The molecule has 2 heterocycles. The van der Waals surface area contributed by atoms with Crippen LogP contribution >= 0.6 is 0 Å². The van der Waals surface area contributed by atoms with E-state index in [0.717, 1.165) is 6.20 Å². The molecule has 88 valence electrons. The number of nitrogens with two attached hydrogens (primary N) is 1. The van der Waals surface area contributed by atoms with E-state index in [1.165, 1.54) is 12.1 Å². The number of alkyl halides is 3. The average Bonchev–Trinajstić information content (AvgIpc) is 2.64. The Bertz CT molecular complexity index is 378. The van der Waals surface area contributed by atoms with Crippen LogP contribution < -0.4 is 10.6 Å². The zero-order valence-corrected chi connectivity index (χ0v) is 8.54. The molecule has 0 spiro atoms. The molecule has 6 heteroatoms. The number of aromatic nitrogens is 1. The fourth-order valence-corrected chi connectivity index (χ4v) is 1.88. The molecular formula is C10H12F3N3. The van der Waals surface area contributed by atoms with Gasteiger partial charge in [-0.1, -0.05) is 0 Å². The first kappa shape index (κ1) is 11.2. The Balaban J connectivity index is 2.34. The quantitative estimate of drug-likeness (QED) is 0.798. The van der Waals surface area contributed by atoms with Crippen molar-refractivity contribution >= 4 is 5.69 Å². The van der Waals surface area contributed by atoms with Gasteiger partial charge >= 0.3 is 6.18 Å². The molecule has 1 fully saturated rings. The van der Waals surface area contributed by atoms with Crippen LogP contribution in [0.3, 0.4) is 0 Å². The molecule has 1 aromatic heterocycles. The lowest BCUT2D eigenvalue weighted by Crippen LogP contribution is -2.28. The average molecular weight is 231 g/mol. The van der Waals surface area contributed by atoms with Crippen LogP contribution in [0, 0.1) is 0 Å². The first-order valence-electron chi connectivity index (χ1n) is 5.01. The van der Waals surface area contributed by atoms with E-state index in [1.807, 2.05) is 0 Å². The normalized spacial score (nSPS) is 21.5. The molecular weight excluding hydrogens is 219 g/mol. The van der Waals surface area contributed by atoms with Gasteiger partial charge < -0.3 is 10.6 Å². The van der Waals surface area contributed by atoms with Crippen LogP contribution in [0.5, 0.6) is 0 Å². The minimum Gasteiger partial charge on any atom is -0.368 e. The summed E-state index contributed by atoms with van der Waals surface area (Å²) in [4.78, 5) is 5.05. The van der Waals surface area contributed by atoms with Gasteiger partial charge in [0.05, 0.1) is 5.69 Å². The van der Waals surface area contributed by atoms with Gasteiger partial charge in [-0.2, -0.15) is 13.2 Å². The van der Waals surface area contributed by atoms with E-state index < -0.39 is 11.9 Å². The fourth-order valence-electron chi connectivity index (χ4n) is 1.88. The van der Waals surface area contributed by atoms with E-state index in [0.29, 0.717) is 19.5 Å². The highest BCUT2D eigenvalue weighted by Gasteiger charge is 2.37. The Kier molecular flexibility index (Phi) is 2.75. The fraction of sp³-hybridized carbons (Fsp3) is 0.500. The second-order valence-electron chi connectivity index (χ2n) is 3.86. The van der Waals surface area contributed by atoms with Gasteiger partial charge in [-0.25, -0.2) is 4.98 Å². The van der Waals surface area contributed by atoms with Crippen molar-refractivity contribution in [2.24, 2.45) is 5.73 Å². The van der Waals surface area contributed by atoms with E-state index in [1.54, 1.807) is 4.90 Å². The second kappa shape index (κ2) is 3.93. The molecule has 3 nitrogen and oxygen atoms in total. The Hall–Kier alpha value is -1.30. The summed E-state index contributed by atoms with van der Waals surface area (Å²) in [6, 6.07) is 2.89. The van der Waals surface area contributed by atoms with E-state index in [2.05, 4.69) is 4.98 Å². The molecule has 1 aliphatic rings. The maximum Gasteiger partial charge on any atom is 0.435 e. The summed E-state index contributed by atoms with van der Waals surface area (Å²) < 4.78 is 38.0. The molecule has 1 aliphatic heterocycles. The van der Waals surface area contributed by atoms with Crippen LogP contribution in [0.2, 0.25) is 0 Å². The molecule has 0 aromatic carbocycles. The Morgan fingerprint density at radius 3 is 2.75 bits per heavy atom. The Morgan fingerprint density at radius 1 is 1.44 bits per heavy atom. The predicted molar refractivity (Wildman–Crippen MR) is 54.0 cm³/mol. The molecule has 0 bridgehead atoms. The number of rotatable bonds is 1. The van der Waals surface area contributed by atoms with Crippen molar-refractivity contribution < 1.29 is 13.2 Å². The zero-order chi connectivity index (χ0) is 11.8. The lowest BCUT2D eigenvalue weighted by atomic mass is 10.2. The molecule has 2 rings (SSSR count). The number of pyridine rings is 1. The SMILES string of the molecule is NC1CCN(c2cccnc2C(F)(F)F)C1. The van der Waals surface area contributed by atoms with Gasteiger partial charge in [-0.05, 0) is 18.6 Å². The lowest BCUT2D eigenvalue weighted by molar-refractivity contribution is -0.140. The van der Waals surface area contributed by atoms with Crippen LogP contribution in [0.4, 0.5) is 18.9 Å². The molecule has 1 atom stereocenters. The predicted octanol–water partition coefficient (Wildman–Crippen LogP) is 1.64. The first-order valence-corrected chi connectivity index (χ1v) is 5.01. The summed E-state index contributed by atoms with van der Waals surface area (Å²) >= 11 is 0. The number of halogens is 3. The summed E-state index contributed by atoms with van der Waals surface area (Å²) in [5.74, 6) is 0. The van der Waals surface area contributed by atoms with Crippen molar-refractivity contribution in [3.05, 3.63) is 24.0 Å². The van der Waals surface area contributed by atoms with E-state index in [-0.39, 0.29) is 11.7 Å². The van der Waals surface area contributed by atoms with Crippen molar-refractivity contribution in [3.8, 4) is 0 Å². The van der Waals surface area contributed by atoms with Crippen LogP contribution in [-0.4, -0.2) is 24.1 Å². The molecule has 0 amide bonds. The third-order valence-corrected chi connectivity index (χ3v) is 2.62. The minimum atomic E-state index is -4.41. The van der Waals surface area contributed by atoms with Gasteiger partial charge in [0.25, 0.3) is 0 Å². The van der Waals surface area contributed by atoms with E-state index in [9.17, 15) is 13.2 Å². The van der Waals surface area contributed by atoms with Crippen molar-refractivity contribution in [1.29, 1.82) is 0 Å². The Labute approximate surface area is 91.1 Å². The van der Waals surface area contributed by atoms with Gasteiger partial charge in [0.15, 0.2) is 5.69 Å². The summed E-state index contributed by atoms with van der Waals surface area (Å²) in [5.41, 5.74) is 4.98. The van der Waals surface area contributed by atoms with Gasteiger partial charge in [0.1, 0.15) is 0 Å². The van der Waals surface area contributed by atoms with Crippen LogP contribution in [0.15, 0.2) is 18.3 Å². The van der Waals surface area contributed by atoms with Crippen molar-refractivity contribution in [3.63, 3.8) is 0 Å². The third kappa shape index (κ3) is 2.11. The highest BCUT2D eigenvalue weighted by Crippen LogP contribution is 2.35. The van der Waals surface area contributed by atoms with Crippen molar-refractivity contribution in [1.82, 2.24) is 4.98 Å². The van der Waals surface area contributed by atoms with Crippen molar-refractivity contribution in [2.45, 2.75) is 18.6 Å². The van der Waals surface area contributed by atoms with E-state index >= 15 is 0 Å². The van der Waals surface area contributed by atoms with Crippen LogP contribution in [-0.2, 0) is 6.18 Å². The molecule has 16 heavy (non-hydrogen) atoms. The maximum atomic E-state index is 12.7. The third-order valence-electron chi connectivity index (χ3n) is 2.62.